The van der Waals surface area contributed by atoms with E-state index in [1.165, 1.54) is 0 Å². The summed E-state index contributed by atoms with van der Waals surface area (Å²) in [6, 6.07) is 0. The quantitative estimate of drug-likeness (QED) is 0.406. The van der Waals surface area contributed by atoms with Crippen LogP contribution in [0.4, 0.5) is 0 Å². The summed E-state index contributed by atoms with van der Waals surface area (Å²) in [5.41, 5.74) is 0. The maximum atomic E-state index is 10.5. The molecule has 0 saturated heterocycles. The molecule has 0 heterocycles. The Morgan fingerprint density at radius 1 is 1.78 bits per heavy atom. The molecule has 49 valence electrons. The van der Waals surface area contributed by atoms with Crippen molar-refractivity contribution in [3.8, 4) is 12.0 Å². The van der Waals surface area contributed by atoms with Crippen molar-refractivity contribution in [3.05, 3.63) is 0 Å². The van der Waals surface area contributed by atoms with Crippen LogP contribution in [0.1, 0.15) is 13.8 Å². The Morgan fingerprint density at radius 3 is 2.67 bits per heavy atom. The molecule has 1 radical (unpaired) electrons. The molecule has 0 rings (SSSR count). The third-order valence-corrected chi connectivity index (χ3v) is 0.778. The van der Waals surface area contributed by atoms with Crippen LogP contribution in [0.15, 0.2) is 0 Å². The van der Waals surface area contributed by atoms with Gasteiger partial charge in [0.25, 0.3) is 0 Å². The molecule has 0 amide bonds. The Bertz CT molecular complexity index is 152. The summed E-state index contributed by atoms with van der Waals surface area (Å²) >= 11 is 4.57. The second kappa shape index (κ2) is 4.28. The first-order chi connectivity index (χ1) is 4.18. The molecule has 0 aliphatic rings. The Balaban J connectivity index is 3.60. The highest BCUT2D eigenvalue weighted by atomic mass is 32.1. The van der Waals surface area contributed by atoms with Crippen LogP contribution in [0.3, 0.4) is 0 Å². The van der Waals surface area contributed by atoms with E-state index in [1.807, 2.05) is 0 Å². The van der Waals surface area contributed by atoms with Crippen molar-refractivity contribution in [3.63, 3.8) is 0 Å². The fraction of sp³-hybridized carbons (Fsp3) is 0.500. The highest BCUT2D eigenvalue weighted by Crippen LogP contribution is 1.93. The van der Waals surface area contributed by atoms with Crippen LogP contribution in [0.5, 0.6) is 0 Å². The van der Waals surface area contributed by atoms with E-state index in [9.17, 15) is 4.79 Å². The molecule has 0 bridgehead atoms. The second-order valence-corrected chi connectivity index (χ2v) is 2.12. The second-order valence-electron chi connectivity index (χ2n) is 1.42. The molecular weight excluding hydrogens is 136 g/mol. The lowest BCUT2D eigenvalue weighted by atomic mass is 10.5. The van der Waals surface area contributed by atoms with E-state index in [-0.39, 0.29) is 0 Å². The van der Waals surface area contributed by atoms with Crippen LogP contribution >= 0.6 is 12.6 Å². The minimum absolute atomic E-state index is 0.459. The van der Waals surface area contributed by atoms with Gasteiger partial charge in [-0.15, -0.1) is 0 Å². The molecular formula is C6H7O2S. The van der Waals surface area contributed by atoms with Crippen molar-refractivity contribution < 1.29 is 9.53 Å². The molecule has 0 aliphatic carbocycles. The van der Waals surface area contributed by atoms with Crippen molar-refractivity contribution >= 4 is 18.6 Å². The van der Waals surface area contributed by atoms with Gasteiger partial charge < -0.3 is 4.74 Å². The topological polar surface area (TPSA) is 26.3 Å². The van der Waals surface area contributed by atoms with Gasteiger partial charge in [0.15, 0.2) is 0 Å². The van der Waals surface area contributed by atoms with E-state index in [2.05, 4.69) is 29.4 Å². The molecule has 2 nitrogen and oxygen atoms in total. The highest BCUT2D eigenvalue weighted by molar-refractivity contribution is 7.81. The molecule has 0 saturated carbocycles. The molecule has 0 fully saturated rings. The Morgan fingerprint density at radius 2 is 2.33 bits per heavy atom. The molecule has 0 aromatic rings. The summed E-state index contributed by atoms with van der Waals surface area (Å²) in [5, 5.41) is -0.508. The average Bonchev–Trinajstić information content (AvgIpc) is 1.82. The first kappa shape index (κ1) is 8.38. The van der Waals surface area contributed by atoms with Gasteiger partial charge in [0.05, 0.1) is 0 Å². The van der Waals surface area contributed by atoms with E-state index in [4.69, 9.17) is 0 Å². The lowest BCUT2D eigenvalue weighted by Crippen LogP contribution is -2.11. The fourth-order valence-electron chi connectivity index (χ4n) is 0.184. The molecule has 0 aromatic carbocycles. The molecule has 1 atom stereocenters. The normalized spacial score (nSPS) is 11.0. The van der Waals surface area contributed by atoms with E-state index in [0.29, 0.717) is 0 Å². The summed E-state index contributed by atoms with van der Waals surface area (Å²) in [6.45, 7) is 3.16. The Labute approximate surface area is 60.0 Å². The van der Waals surface area contributed by atoms with Gasteiger partial charge in [-0.05, 0) is 6.92 Å². The third kappa shape index (κ3) is 3.92. The summed E-state index contributed by atoms with van der Waals surface area (Å²) in [7, 11) is 0. The predicted molar refractivity (Wildman–Crippen MR) is 36.6 cm³/mol. The summed E-state index contributed by atoms with van der Waals surface area (Å²) in [6.07, 6.45) is 2.16. The minimum atomic E-state index is -0.508. The first-order valence-corrected chi connectivity index (χ1v) is 2.94. The highest BCUT2D eigenvalue weighted by Gasteiger charge is 2.07. The zero-order valence-electron chi connectivity index (χ0n) is 5.30. The Kier molecular flexibility index (Phi) is 3.98. The van der Waals surface area contributed by atoms with Crippen molar-refractivity contribution in [1.82, 2.24) is 0 Å². The van der Waals surface area contributed by atoms with Gasteiger partial charge in [0, 0.05) is 6.92 Å². The number of rotatable bonds is 1. The number of carbonyl (C=O) groups is 1. The summed E-state index contributed by atoms with van der Waals surface area (Å²) in [4.78, 5) is 10.5. The molecule has 0 aromatic heterocycles. The number of hydrogen-bond acceptors (Lipinski definition) is 2. The largest absolute Gasteiger partial charge is 0.371 e. The van der Waals surface area contributed by atoms with Crippen LogP contribution in [-0.2, 0) is 9.53 Å². The van der Waals surface area contributed by atoms with Gasteiger partial charge in [-0.1, -0.05) is 18.5 Å². The van der Waals surface area contributed by atoms with E-state index in [0.717, 1.165) is 0 Å². The minimum Gasteiger partial charge on any atom is -0.371 e. The maximum absolute atomic E-state index is 10.5. The monoisotopic (exact) mass is 143 g/mol. The van der Waals surface area contributed by atoms with Crippen molar-refractivity contribution in [2.45, 2.75) is 19.1 Å². The van der Waals surface area contributed by atoms with Crippen LogP contribution in [0.25, 0.3) is 0 Å². The molecule has 0 N–H and O–H groups in total. The predicted octanol–water partition coefficient (Wildman–Crippen LogP) is 1.10. The Hall–Kier alpha value is -0.620. The van der Waals surface area contributed by atoms with Gasteiger partial charge >= 0.3 is 5.97 Å². The molecule has 0 aliphatic heterocycles. The third-order valence-electron chi connectivity index (χ3n) is 0.586. The van der Waals surface area contributed by atoms with Gasteiger partial charge in [0.1, 0.15) is 11.4 Å². The first-order valence-electron chi connectivity index (χ1n) is 2.46. The van der Waals surface area contributed by atoms with Crippen LogP contribution < -0.4 is 0 Å². The zero-order valence-corrected chi connectivity index (χ0v) is 6.12. The van der Waals surface area contributed by atoms with Gasteiger partial charge in [-0.25, -0.2) is 4.79 Å². The molecule has 1 unspecified atom stereocenters. The lowest BCUT2D eigenvalue weighted by molar-refractivity contribution is -0.135. The SMILES string of the molecule is CC#COC(=O)C(C)[S]. The van der Waals surface area contributed by atoms with E-state index < -0.39 is 11.2 Å². The fourth-order valence-corrected chi connectivity index (χ4v) is 0.232. The van der Waals surface area contributed by atoms with Crippen LogP contribution in [0, 0.1) is 12.0 Å². The van der Waals surface area contributed by atoms with Crippen LogP contribution in [-0.4, -0.2) is 11.2 Å². The van der Waals surface area contributed by atoms with E-state index >= 15 is 0 Å². The average molecular weight is 143 g/mol. The molecule has 0 spiro atoms. The maximum Gasteiger partial charge on any atom is 0.333 e. The van der Waals surface area contributed by atoms with Gasteiger partial charge in [-0.3, -0.25) is 0 Å². The lowest BCUT2D eigenvalue weighted by Gasteiger charge is -1.94. The summed E-state index contributed by atoms with van der Waals surface area (Å²) < 4.78 is 4.35. The number of carbonyl (C=O) groups excluding carboxylic acids is 1. The number of esters is 1. The van der Waals surface area contributed by atoms with Crippen LogP contribution in [0.2, 0.25) is 0 Å². The van der Waals surface area contributed by atoms with Crippen molar-refractivity contribution in [2.24, 2.45) is 0 Å². The smallest absolute Gasteiger partial charge is 0.333 e. The van der Waals surface area contributed by atoms with Crippen molar-refractivity contribution in [1.29, 1.82) is 0 Å². The molecule has 3 heteroatoms. The van der Waals surface area contributed by atoms with Gasteiger partial charge in [0.2, 0.25) is 0 Å². The van der Waals surface area contributed by atoms with Crippen molar-refractivity contribution in [2.75, 3.05) is 0 Å². The summed E-state index contributed by atoms with van der Waals surface area (Å²) in [5.74, 6) is 1.96. The number of ether oxygens (including phenoxy) is 1. The standard InChI is InChI=1S/C6H7O2S/c1-3-4-8-6(7)5(2)9/h5H,1-2H3. The van der Waals surface area contributed by atoms with E-state index in [1.54, 1.807) is 13.8 Å². The molecule has 9 heavy (non-hydrogen) atoms. The number of hydrogen-bond donors (Lipinski definition) is 0. The van der Waals surface area contributed by atoms with Gasteiger partial charge in [-0.2, -0.15) is 0 Å². The zero-order chi connectivity index (χ0) is 7.28.